The third kappa shape index (κ3) is 2.52. The number of aromatic amines is 1. The molecule has 2 aromatic heterocycles. The van der Waals surface area contributed by atoms with Crippen LogP contribution in [-0.4, -0.2) is 21.1 Å². The van der Waals surface area contributed by atoms with Gasteiger partial charge in [-0.05, 0) is 18.2 Å². The molecule has 2 heterocycles. The molecule has 0 saturated carbocycles. The first-order valence-electron chi connectivity index (χ1n) is 5.70. The summed E-state index contributed by atoms with van der Waals surface area (Å²) in [5.41, 5.74) is 1.64. The van der Waals surface area contributed by atoms with Crippen LogP contribution in [-0.2, 0) is 0 Å². The van der Waals surface area contributed by atoms with Gasteiger partial charge >= 0.3 is 0 Å². The second kappa shape index (κ2) is 5.22. The van der Waals surface area contributed by atoms with E-state index in [1.165, 1.54) is 6.20 Å². The maximum atomic E-state index is 12.2. The number of hydrogen-bond acceptors (Lipinski definition) is 3. The molecule has 1 amide bonds. The van der Waals surface area contributed by atoms with Gasteiger partial charge in [-0.15, -0.1) is 0 Å². The molecular formula is C13H8BrClN4O. The molecule has 2 N–H and O–H groups in total. The third-order valence-electron chi connectivity index (χ3n) is 2.71. The summed E-state index contributed by atoms with van der Waals surface area (Å²) < 4.78 is 0.885. The zero-order chi connectivity index (χ0) is 14.1. The lowest BCUT2D eigenvalue weighted by molar-refractivity contribution is 0.102. The molecule has 3 rings (SSSR count). The number of nitrogens with zero attached hydrogens (tertiary/aromatic N) is 2. The summed E-state index contributed by atoms with van der Waals surface area (Å²) in [7, 11) is 0. The van der Waals surface area contributed by atoms with Crippen LogP contribution < -0.4 is 5.32 Å². The number of nitrogens with one attached hydrogen (secondary N) is 2. The van der Waals surface area contributed by atoms with Crippen LogP contribution in [0.4, 0.5) is 5.69 Å². The Bertz CT molecular complexity index is 802. The molecular weight excluding hydrogens is 344 g/mol. The van der Waals surface area contributed by atoms with Crippen LogP contribution in [0.1, 0.15) is 10.5 Å². The zero-order valence-corrected chi connectivity index (χ0v) is 12.4. The van der Waals surface area contributed by atoms with E-state index < -0.39 is 0 Å². The molecule has 1 aromatic carbocycles. The van der Waals surface area contributed by atoms with Gasteiger partial charge in [0.1, 0.15) is 5.15 Å². The molecule has 0 spiro atoms. The Morgan fingerprint density at radius 2 is 2.20 bits per heavy atom. The lowest BCUT2D eigenvalue weighted by Gasteiger charge is -2.03. The van der Waals surface area contributed by atoms with E-state index in [4.69, 9.17) is 11.6 Å². The van der Waals surface area contributed by atoms with Crippen LogP contribution in [0.2, 0.25) is 5.15 Å². The molecule has 5 nitrogen and oxygen atoms in total. The number of fused-ring (bicyclic) bond motifs is 1. The predicted octanol–water partition coefficient (Wildman–Crippen LogP) is 3.63. The first kappa shape index (κ1) is 13.1. The summed E-state index contributed by atoms with van der Waals surface area (Å²) in [5, 5.41) is 10.5. The van der Waals surface area contributed by atoms with Crippen molar-refractivity contribution in [2.75, 3.05) is 5.32 Å². The summed E-state index contributed by atoms with van der Waals surface area (Å²) in [5.74, 6) is -0.307. The highest BCUT2D eigenvalue weighted by molar-refractivity contribution is 9.10. The fourth-order valence-corrected chi connectivity index (χ4v) is 2.37. The highest BCUT2D eigenvalue weighted by Gasteiger charge is 2.15. The smallest absolute Gasteiger partial charge is 0.276 e. The van der Waals surface area contributed by atoms with E-state index in [2.05, 4.69) is 36.4 Å². The van der Waals surface area contributed by atoms with Gasteiger partial charge in [0.2, 0.25) is 0 Å². The maximum Gasteiger partial charge on any atom is 0.276 e. The van der Waals surface area contributed by atoms with Crippen molar-refractivity contribution in [3.8, 4) is 0 Å². The molecule has 0 unspecified atom stereocenters. The van der Waals surface area contributed by atoms with Crippen LogP contribution in [0.15, 0.2) is 41.0 Å². The van der Waals surface area contributed by atoms with Crippen molar-refractivity contribution < 1.29 is 4.79 Å². The molecule has 0 aliphatic heterocycles. The van der Waals surface area contributed by atoms with Crippen molar-refractivity contribution >= 4 is 50.0 Å². The number of halogens is 2. The maximum absolute atomic E-state index is 12.2. The van der Waals surface area contributed by atoms with E-state index in [1.807, 2.05) is 18.2 Å². The number of carbonyl (C=O) groups is 1. The zero-order valence-electron chi connectivity index (χ0n) is 10.0. The van der Waals surface area contributed by atoms with Crippen molar-refractivity contribution in [2.24, 2.45) is 0 Å². The monoisotopic (exact) mass is 350 g/mol. The van der Waals surface area contributed by atoms with Crippen LogP contribution in [0.25, 0.3) is 10.9 Å². The van der Waals surface area contributed by atoms with Crippen molar-refractivity contribution in [3.05, 3.63) is 51.8 Å². The lowest BCUT2D eigenvalue weighted by atomic mass is 10.2. The third-order valence-corrected chi connectivity index (χ3v) is 3.41. The molecule has 0 fully saturated rings. The summed E-state index contributed by atoms with van der Waals surface area (Å²) in [4.78, 5) is 16.2. The first-order chi connectivity index (χ1) is 9.63. The van der Waals surface area contributed by atoms with Crippen molar-refractivity contribution in [1.29, 1.82) is 0 Å². The van der Waals surface area contributed by atoms with Crippen LogP contribution in [0, 0.1) is 0 Å². The molecule has 3 aromatic rings. The number of amides is 1. The molecule has 20 heavy (non-hydrogen) atoms. The largest absolute Gasteiger partial charge is 0.321 e. The van der Waals surface area contributed by atoms with Gasteiger partial charge in [-0.1, -0.05) is 33.6 Å². The summed E-state index contributed by atoms with van der Waals surface area (Å²) in [6.07, 6.45) is 1.52. The number of carbonyl (C=O) groups excluding carboxylic acids is 1. The summed E-state index contributed by atoms with van der Waals surface area (Å²) in [6, 6.07) is 8.95. The Kier molecular flexibility index (Phi) is 3.42. The highest BCUT2D eigenvalue weighted by Crippen LogP contribution is 2.20. The van der Waals surface area contributed by atoms with Crippen molar-refractivity contribution in [1.82, 2.24) is 15.2 Å². The van der Waals surface area contributed by atoms with Crippen molar-refractivity contribution in [3.63, 3.8) is 0 Å². The first-order valence-corrected chi connectivity index (χ1v) is 6.87. The molecule has 0 radical (unpaired) electrons. The molecule has 0 saturated heterocycles. The highest BCUT2D eigenvalue weighted by atomic mass is 79.9. The van der Waals surface area contributed by atoms with E-state index in [1.54, 1.807) is 12.1 Å². The molecule has 0 atom stereocenters. The predicted molar refractivity (Wildman–Crippen MR) is 81.0 cm³/mol. The molecule has 0 bridgehead atoms. The van der Waals surface area contributed by atoms with Gasteiger partial charge in [0.25, 0.3) is 5.91 Å². The SMILES string of the molecule is O=C(Nc1cccc(Br)c1)c1n[nH]c2cc(Cl)ncc12. The standard InChI is InChI=1S/C13H8BrClN4O/c14-7-2-1-3-8(4-7)17-13(20)12-9-6-16-11(15)5-10(9)18-19-12/h1-6H,(H,17,20)(H,18,19). The van der Waals surface area contributed by atoms with Crippen LogP contribution >= 0.6 is 27.5 Å². The lowest BCUT2D eigenvalue weighted by Crippen LogP contribution is -2.12. The van der Waals surface area contributed by atoms with E-state index >= 15 is 0 Å². The number of hydrogen-bond donors (Lipinski definition) is 2. The van der Waals surface area contributed by atoms with Gasteiger partial charge in [0, 0.05) is 22.4 Å². The number of H-pyrrole nitrogens is 1. The Hall–Kier alpha value is -1.92. The second-order valence-corrected chi connectivity index (χ2v) is 5.39. The number of aromatic nitrogens is 3. The number of pyridine rings is 1. The van der Waals surface area contributed by atoms with Gasteiger partial charge in [-0.25, -0.2) is 4.98 Å². The average Bonchev–Trinajstić information content (AvgIpc) is 2.81. The molecule has 7 heteroatoms. The quantitative estimate of drug-likeness (QED) is 0.693. The van der Waals surface area contributed by atoms with E-state index in [0.29, 0.717) is 21.7 Å². The molecule has 0 aliphatic carbocycles. The second-order valence-electron chi connectivity index (χ2n) is 4.09. The Labute approximate surface area is 127 Å². The van der Waals surface area contributed by atoms with E-state index in [-0.39, 0.29) is 11.6 Å². The minimum atomic E-state index is -0.307. The van der Waals surface area contributed by atoms with Gasteiger partial charge in [0.15, 0.2) is 5.69 Å². The Balaban J connectivity index is 1.93. The minimum absolute atomic E-state index is 0.282. The minimum Gasteiger partial charge on any atom is -0.321 e. The molecule has 100 valence electrons. The van der Waals surface area contributed by atoms with Gasteiger partial charge in [-0.2, -0.15) is 5.10 Å². The van der Waals surface area contributed by atoms with E-state index in [9.17, 15) is 4.79 Å². The number of rotatable bonds is 2. The average molecular weight is 352 g/mol. The van der Waals surface area contributed by atoms with Crippen LogP contribution in [0.5, 0.6) is 0 Å². The number of benzene rings is 1. The summed E-state index contributed by atoms with van der Waals surface area (Å²) in [6.45, 7) is 0. The normalized spacial score (nSPS) is 10.7. The topological polar surface area (TPSA) is 70.7 Å². The van der Waals surface area contributed by atoms with Gasteiger partial charge in [0.05, 0.1) is 10.9 Å². The Morgan fingerprint density at radius 3 is 3.00 bits per heavy atom. The van der Waals surface area contributed by atoms with Crippen LogP contribution in [0.3, 0.4) is 0 Å². The number of anilines is 1. The van der Waals surface area contributed by atoms with Gasteiger partial charge in [-0.3, -0.25) is 9.89 Å². The van der Waals surface area contributed by atoms with E-state index in [0.717, 1.165) is 4.47 Å². The fourth-order valence-electron chi connectivity index (χ4n) is 1.82. The van der Waals surface area contributed by atoms with Gasteiger partial charge < -0.3 is 5.32 Å². The fraction of sp³-hybridized carbons (Fsp3) is 0. The van der Waals surface area contributed by atoms with Crippen molar-refractivity contribution in [2.45, 2.75) is 0 Å². The summed E-state index contributed by atoms with van der Waals surface area (Å²) >= 11 is 9.14. The molecule has 0 aliphatic rings. The Morgan fingerprint density at radius 1 is 1.35 bits per heavy atom.